The molecular weight excluding hydrogens is 358 g/mol. The minimum Gasteiger partial charge on any atom is -0.300 e. The van der Waals surface area contributed by atoms with Gasteiger partial charge in [-0.15, -0.1) is 0 Å². The number of Topliss-reactive ketones (excluding diaryl/α,β-unsaturated/α-hetero) is 1. The summed E-state index contributed by atoms with van der Waals surface area (Å²) in [6, 6.07) is 0.806. The van der Waals surface area contributed by atoms with Gasteiger partial charge in [-0.2, -0.15) is 0 Å². The molecule has 4 heteroatoms. The molecule has 2 aliphatic carbocycles. The van der Waals surface area contributed by atoms with E-state index in [9.17, 15) is 4.79 Å². The molecule has 160 valence electrons. The molecule has 3 fully saturated rings. The molecule has 0 bridgehead atoms. The van der Waals surface area contributed by atoms with Gasteiger partial charge in [0.25, 0.3) is 0 Å². The average Bonchev–Trinajstić information content (AvgIpc) is 2.73. The number of rotatable bonds is 6. The fourth-order valence-corrected chi connectivity index (χ4v) is 6.12. The molecule has 1 aliphatic heterocycles. The number of carbonyl (C=O) groups excluding carboxylic acids is 1. The number of piperidine rings is 1. The monoisotopic (exact) mass is 397 g/mol. The van der Waals surface area contributed by atoms with Gasteiger partial charge in [-0.1, -0.05) is 20.8 Å². The molecule has 4 nitrogen and oxygen atoms in total. The van der Waals surface area contributed by atoms with Crippen LogP contribution in [0.5, 0.6) is 0 Å². The van der Waals surface area contributed by atoms with Gasteiger partial charge >= 0.3 is 0 Å². The average molecular weight is 398 g/mol. The SMILES string of the molecule is CCc1ncc(CC2CCN(C3CC4(CCC(C(=O)C(C)C)CC4)C3)CC2)cn1. The fourth-order valence-electron chi connectivity index (χ4n) is 6.12. The highest BCUT2D eigenvalue weighted by atomic mass is 16.1. The molecule has 0 radical (unpaired) electrons. The number of nitrogens with zero attached hydrogens (tertiary/aromatic N) is 3. The van der Waals surface area contributed by atoms with Gasteiger partial charge in [0.2, 0.25) is 0 Å². The fraction of sp³-hybridized carbons (Fsp3) is 0.800. The Morgan fingerprint density at radius 3 is 2.28 bits per heavy atom. The Bertz CT molecular complexity index is 675. The largest absolute Gasteiger partial charge is 0.300 e. The van der Waals surface area contributed by atoms with E-state index >= 15 is 0 Å². The second-order valence-corrected chi connectivity index (χ2v) is 10.4. The van der Waals surface area contributed by atoms with E-state index in [-0.39, 0.29) is 5.92 Å². The van der Waals surface area contributed by atoms with Gasteiger partial charge in [0.1, 0.15) is 11.6 Å². The zero-order valence-corrected chi connectivity index (χ0v) is 18.7. The lowest BCUT2D eigenvalue weighted by Crippen LogP contribution is -2.54. The Hall–Kier alpha value is -1.29. The summed E-state index contributed by atoms with van der Waals surface area (Å²) in [6.45, 7) is 8.74. The molecule has 0 atom stereocenters. The summed E-state index contributed by atoms with van der Waals surface area (Å²) in [6.07, 6.45) is 16.4. The predicted octanol–water partition coefficient (Wildman–Crippen LogP) is 4.86. The van der Waals surface area contributed by atoms with Crippen molar-refractivity contribution in [3.63, 3.8) is 0 Å². The van der Waals surface area contributed by atoms with Crippen molar-refractivity contribution in [3.8, 4) is 0 Å². The molecule has 0 aromatic carbocycles. The molecule has 1 aromatic heterocycles. The first-order valence-electron chi connectivity index (χ1n) is 12.1. The van der Waals surface area contributed by atoms with Crippen LogP contribution in [-0.4, -0.2) is 39.8 Å². The van der Waals surface area contributed by atoms with Gasteiger partial charge in [0.15, 0.2) is 0 Å². The molecule has 4 rings (SSSR count). The van der Waals surface area contributed by atoms with Crippen molar-refractivity contribution in [3.05, 3.63) is 23.8 Å². The Labute approximate surface area is 176 Å². The van der Waals surface area contributed by atoms with Crippen molar-refractivity contribution in [2.75, 3.05) is 13.1 Å². The van der Waals surface area contributed by atoms with Crippen LogP contribution >= 0.6 is 0 Å². The minimum atomic E-state index is 0.209. The standard InChI is InChI=1S/C25H39N3O/c1-4-23-26-16-20(17-27-23)13-19-7-11-28(12-8-19)22-14-25(15-22)9-5-21(6-10-25)24(29)18(2)3/h16-19,21-22H,4-15H2,1-3H3. The summed E-state index contributed by atoms with van der Waals surface area (Å²) >= 11 is 0. The van der Waals surface area contributed by atoms with Crippen LogP contribution < -0.4 is 0 Å². The Balaban J connectivity index is 1.19. The van der Waals surface area contributed by atoms with Gasteiger partial charge in [-0.3, -0.25) is 4.79 Å². The van der Waals surface area contributed by atoms with Crippen molar-refractivity contribution >= 4 is 5.78 Å². The molecule has 0 amide bonds. The maximum absolute atomic E-state index is 12.3. The number of ketones is 1. The summed E-state index contributed by atoms with van der Waals surface area (Å²) in [7, 11) is 0. The molecule has 29 heavy (non-hydrogen) atoms. The number of aryl methyl sites for hydroxylation is 1. The van der Waals surface area contributed by atoms with E-state index < -0.39 is 0 Å². The number of hydrogen-bond acceptors (Lipinski definition) is 4. The lowest BCUT2D eigenvalue weighted by atomic mass is 9.56. The van der Waals surface area contributed by atoms with Crippen molar-refractivity contribution in [1.29, 1.82) is 0 Å². The molecule has 0 N–H and O–H groups in total. The van der Waals surface area contributed by atoms with Crippen molar-refractivity contribution < 1.29 is 4.79 Å². The number of likely N-dealkylation sites (tertiary alicyclic amines) is 1. The molecular formula is C25H39N3O. The number of aromatic nitrogens is 2. The zero-order valence-electron chi connectivity index (χ0n) is 18.7. The van der Waals surface area contributed by atoms with Crippen LogP contribution in [0.4, 0.5) is 0 Å². The summed E-state index contributed by atoms with van der Waals surface area (Å²) in [5, 5.41) is 0. The molecule has 3 aliphatic rings. The summed E-state index contributed by atoms with van der Waals surface area (Å²) in [4.78, 5) is 24.0. The van der Waals surface area contributed by atoms with E-state index in [1.165, 1.54) is 57.2 Å². The van der Waals surface area contributed by atoms with Gasteiger partial charge in [-0.25, -0.2) is 9.97 Å². The van der Waals surface area contributed by atoms with Crippen LogP contribution in [0.15, 0.2) is 12.4 Å². The first kappa shape index (κ1) is 21.0. The highest BCUT2D eigenvalue weighted by Crippen LogP contribution is 2.55. The third-order valence-electron chi connectivity index (χ3n) is 8.12. The Morgan fingerprint density at radius 1 is 1.10 bits per heavy atom. The third-order valence-corrected chi connectivity index (χ3v) is 8.12. The number of carbonyl (C=O) groups is 1. The first-order valence-corrected chi connectivity index (χ1v) is 12.1. The quantitative estimate of drug-likeness (QED) is 0.688. The zero-order chi connectivity index (χ0) is 20.4. The van der Waals surface area contributed by atoms with Crippen LogP contribution in [0.3, 0.4) is 0 Å². The lowest BCUT2D eigenvalue weighted by Gasteiger charge is -2.56. The first-order chi connectivity index (χ1) is 14.0. The molecule has 1 aromatic rings. The van der Waals surface area contributed by atoms with Crippen LogP contribution in [0.2, 0.25) is 0 Å². The van der Waals surface area contributed by atoms with Gasteiger partial charge in [0, 0.05) is 36.7 Å². The molecule has 2 saturated carbocycles. The summed E-state index contributed by atoms with van der Waals surface area (Å²) in [5.41, 5.74) is 1.88. The predicted molar refractivity (Wildman–Crippen MR) is 117 cm³/mol. The van der Waals surface area contributed by atoms with E-state index in [2.05, 4.69) is 35.6 Å². The second kappa shape index (κ2) is 8.83. The molecule has 0 unspecified atom stereocenters. The van der Waals surface area contributed by atoms with E-state index in [1.54, 1.807) is 0 Å². The molecule has 2 heterocycles. The van der Waals surface area contributed by atoms with Crippen molar-refractivity contribution in [1.82, 2.24) is 14.9 Å². The molecule has 1 saturated heterocycles. The van der Waals surface area contributed by atoms with Crippen LogP contribution in [0.1, 0.15) is 83.5 Å². The van der Waals surface area contributed by atoms with Crippen LogP contribution in [0.25, 0.3) is 0 Å². The maximum Gasteiger partial charge on any atom is 0.138 e. The highest BCUT2D eigenvalue weighted by molar-refractivity contribution is 5.82. The Morgan fingerprint density at radius 2 is 1.72 bits per heavy atom. The molecule has 1 spiro atoms. The number of hydrogen-bond donors (Lipinski definition) is 0. The second-order valence-electron chi connectivity index (χ2n) is 10.4. The minimum absolute atomic E-state index is 0.209. The van der Waals surface area contributed by atoms with Crippen LogP contribution in [0, 0.1) is 23.2 Å². The van der Waals surface area contributed by atoms with E-state index in [0.29, 0.717) is 17.1 Å². The highest BCUT2D eigenvalue weighted by Gasteiger charge is 2.48. The van der Waals surface area contributed by atoms with E-state index in [4.69, 9.17) is 0 Å². The van der Waals surface area contributed by atoms with E-state index in [1.807, 2.05) is 12.4 Å². The normalized spacial score (nSPS) is 31.2. The third kappa shape index (κ3) is 4.73. The van der Waals surface area contributed by atoms with Gasteiger partial charge in [0.05, 0.1) is 0 Å². The van der Waals surface area contributed by atoms with E-state index in [0.717, 1.165) is 43.5 Å². The lowest BCUT2D eigenvalue weighted by molar-refractivity contribution is -0.129. The van der Waals surface area contributed by atoms with Gasteiger partial charge in [-0.05, 0) is 87.8 Å². The van der Waals surface area contributed by atoms with Crippen molar-refractivity contribution in [2.24, 2.45) is 23.2 Å². The summed E-state index contributed by atoms with van der Waals surface area (Å²) in [5.74, 6) is 2.80. The smallest absolute Gasteiger partial charge is 0.138 e. The van der Waals surface area contributed by atoms with Gasteiger partial charge < -0.3 is 4.90 Å². The maximum atomic E-state index is 12.3. The van der Waals surface area contributed by atoms with Crippen LogP contribution in [-0.2, 0) is 17.6 Å². The summed E-state index contributed by atoms with van der Waals surface area (Å²) < 4.78 is 0. The van der Waals surface area contributed by atoms with Crippen molar-refractivity contribution in [2.45, 2.75) is 91.0 Å². The topological polar surface area (TPSA) is 46.1 Å². The Kier molecular flexibility index (Phi) is 6.38.